The second-order valence-electron chi connectivity index (χ2n) is 5.98. The van der Waals surface area contributed by atoms with Crippen molar-refractivity contribution in [2.45, 2.75) is 37.5 Å². The van der Waals surface area contributed by atoms with Gasteiger partial charge in [-0.3, -0.25) is 4.79 Å². The highest BCUT2D eigenvalue weighted by Crippen LogP contribution is 2.23. The van der Waals surface area contributed by atoms with Crippen molar-refractivity contribution in [1.82, 2.24) is 5.32 Å². The number of halogens is 3. The number of carbonyl (C=O) groups excluding carboxylic acids is 1. The Morgan fingerprint density at radius 3 is 2.58 bits per heavy atom. The van der Waals surface area contributed by atoms with E-state index in [1.165, 1.54) is 5.69 Å². The molecule has 0 aromatic heterocycles. The number of hydrogen-bond acceptors (Lipinski definition) is 4. The molecule has 1 amide bonds. The van der Waals surface area contributed by atoms with Crippen LogP contribution < -0.4 is 16.0 Å². The zero-order chi connectivity index (χ0) is 15.5. The van der Waals surface area contributed by atoms with E-state index in [2.05, 4.69) is 38.3 Å². The Morgan fingerprint density at radius 1 is 1.25 bits per heavy atom. The molecule has 3 rings (SSSR count). The van der Waals surface area contributed by atoms with E-state index < -0.39 is 0 Å². The first-order valence-corrected chi connectivity index (χ1v) is 8.61. The van der Waals surface area contributed by atoms with Gasteiger partial charge >= 0.3 is 0 Å². The first-order valence-electron chi connectivity index (χ1n) is 7.82. The minimum absolute atomic E-state index is 0. The van der Waals surface area contributed by atoms with Gasteiger partial charge in [-0.2, -0.15) is 0 Å². The molecule has 2 saturated heterocycles. The average Bonchev–Trinajstić information content (AvgIpc) is 3.17. The van der Waals surface area contributed by atoms with Crippen LogP contribution in [0.15, 0.2) is 28.7 Å². The molecule has 24 heavy (non-hydrogen) atoms. The first kappa shape index (κ1) is 21.5. The van der Waals surface area contributed by atoms with Crippen molar-refractivity contribution in [2.75, 3.05) is 24.5 Å². The average molecular weight is 441 g/mol. The van der Waals surface area contributed by atoms with Gasteiger partial charge in [0, 0.05) is 35.8 Å². The van der Waals surface area contributed by atoms with Crippen LogP contribution in [0.4, 0.5) is 5.69 Å². The highest BCUT2D eigenvalue weighted by atomic mass is 79.9. The summed E-state index contributed by atoms with van der Waals surface area (Å²) in [5, 5.41) is 3.12. The van der Waals surface area contributed by atoms with Crippen molar-refractivity contribution in [3.05, 3.63) is 28.7 Å². The molecule has 3 N–H and O–H groups in total. The summed E-state index contributed by atoms with van der Waals surface area (Å²) in [4.78, 5) is 14.6. The first-order chi connectivity index (χ1) is 10.7. The number of ether oxygens (including phenoxy) is 1. The number of nitrogens with zero attached hydrogens (tertiary/aromatic N) is 1. The van der Waals surface area contributed by atoms with Gasteiger partial charge in [-0.15, -0.1) is 24.8 Å². The summed E-state index contributed by atoms with van der Waals surface area (Å²) < 4.78 is 6.73. The Kier molecular flexibility index (Phi) is 8.81. The lowest BCUT2D eigenvalue weighted by Gasteiger charge is -2.20. The molecule has 3 atom stereocenters. The normalized spacial score (nSPS) is 25.8. The highest BCUT2D eigenvalue weighted by Gasteiger charge is 2.32. The molecular weight excluding hydrogens is 417 g/mol. The predicted octanol–water partition coefficient (Wildman–Crippen LogP) is 2.49. The third-order valence-corrected chi connectivity index (χ3v) is 4.92. The molecule has 136 valence electrons. The van der Waals surface area contributed by atoms with Crippen LogP contribution in [0.1, 0.15) is 19.3 Å². The number of rotatable bonds is 4. The van der Waals surface area contributed by atoms with Crippen molar-refractivity contribution < 1.29 is 9.53 Å². The van der Waals surface area contributed by atoms with Gasteiger partial charge in [-0.1, -0.05) is 15.9 Å². The van der Waals surface area contributed by atoms with Gasteiger partial charge in [0.25, 0.3) is 0 Å². The SMILES string of the molecule is Cl.Cl.NC[C@H]1CC[C@@H](C(=O)NC2CCN(c3ccc(Br)cc3)C2)O1. The Morgan fingerprint density at radius 2 is 1.96 bits per heavy atom. The third kappa shape index (κ3) is 5.23. The minimum Gasteiger partial charge on any atom is -0.369 e. The largest absolute Gasteiger partial charge is 0.369 e. The topological polar surface area (TPSA) is 67.6 Å². The number of amides is 1. The Bertz CT molecular complexity index is 533. The minimum atomic E-state index is -0.324. The van der Waals surface area contributed by atoms with Crippen LogP contribution in [0.2, 0.25) is 0 Å². The molecule has 0 aliphatic carbocycles. The Balaban J connectivity index is 0.00000144. The molecular formula is C16H24BrCl2N3O2. The van der Waals surface area contributed by atoms with Crippen LogP contribution >= 0.6 is 40.7 Å². The molecule has 2 aliphatic rings. The summed E-state index contributed by atoms with van der Waals surface area (Å²) in [5.41, 5.74) is 6.78. The van der Waals surface area contributed by atoms with Gasteiger partial charge in [-0.25, -0.2) is 0 Å². The van der Waals surface area contributed by atoms with Crippen LogP contribution in [-0.2, 0) is 9.53 Å². The predicted molar refractivity (Wildman–Crippen MR) is 104 cm³/mol. The molecule has 2 aliphatic heterocycles. The molecule has 8 heteroatoms. The molecule has 0 spiro atoms. The van der Waals surface area contributed by atoms with Gasteiger partial charge < -0.3 is 20.7 Å². The zero-order valence-corrected chi connectivity index (χ0v) is 16.5. The number of nitrogens with two attached hydrogens (primary N) is 1. The smallest absolute Gasteiger partial charge is 0.249 e. The van der Waals surface area contributed by atoms with E-state index in [9.17, 15) is 4.79 Å². The van der Waals surface area contributed by atoms with Crippen molar-refractivity contribution in [3.63, 3.8) is 0 Å². The van der Waals surface area contributed by atoms with Crippen LogP contribution in [0.5, 0.6) is 0 Å². The molecule has 1 unspecified atom stereocenters. The van der Waals surface area contributed by atoms with E-state index in [0.29, 0.717) is 6.54 Å². The lowest BCUT2D eigenvalue weighted by Crippen LogP contribution is -2.43. The van der Waals surface area contributed by atoms with Gasteiger partial charge in [0.2, 0.25) is 5.91 Å². The molecule has 0 bridgehead atoms. The van der Waals surface area contributed by atoms with Gasteiger partial charge in [0.05, 0.1) is 6.10 Å². The van der Waals surface area contributed by atoms with Gasteiger partial charge in [-0.05, 0) is 43.5 Å². The van der Waals surface area contributed by atoms with E-state index in [0.717, 1.165) is 36.8 Å². The lowest BCUT2D eigenvalue weighted by atomic mass is 10.1. The Hall–Kier alpha value is -0.530. The molecule has 5 nitrogen and oxygen atoms in total. The zero-order valence-electron chi connectivity index (χ0n) is 13.3. The van der Waals surface area contributed by atoms with E-state index in [4.69, 9.17) is 10.5 Å². The number of anilines is 1. The maximum Gasteiger partial charge on any atom is 0.249 e. The maximum absolute atomic E-state index is 12.2. The number of hydrogen-bond donors (Lipinski definition) is 2. The number of carbonyl (C=O) groups is 1. The second kappa shape index (κ2) is 9.82. The summed E-state index contributed by atoms with van der Waals surface area (Å²) in [6, 6.07) is 8.47. The van der Waals surface area contributed by atoms with E-state index in [1.54, 1.807) is 0 Å². The van der Waals surface area contributed by atoms with Crippen LogP contribution in [0.25, 0.3) is 0 Å². The van der Waals surface area contributed by atoms with Crippen molar-refractivity contribution in [3.8, 4) is 0 Å². The van der Waals surface area contributed by atoms with Gasteiger partial charge in [0.15, 0.2) is 0 Å². The van der Waals surface area contributed by atoms with Crippen molar-refractivity contribution in [1.29, 1.82) is 0 Å². The highest BCUT2D eigenvalue weighted by molar-refractivity contribution is 9.10. The number of nitrogens with one attached hydrogen (secondary N) is 1. The molecule has 2 heterocycles. The van der Waals surface area contributed by atoms with Crippen molar-refractivity contribution >= 4 is 52.3 Å². The fraction of sp³-hybridized carbons (Fsp3) is 0.562. The summed E-state index contributed by atoms with van der Waals surface area (Å²) in [6.07, 6.45) is 2.34. The molecule has 1 aromatic rings. The molecule has 0 radical (unpaired) electrons. The molecule has 2 fully saturated rings. The second-order valence-corrected chi connectivity index (χ2v) is 6.89. The molecule has 0 saturated carbocycles. The van der Waals surface area contributed by atoms with Crippen LogP contribution in [0, 0.1) is 0 Å². The molecule has 1 aromatic carbocycles. The fourth-order valence-electron chi connectivity index (χ4n) is 3.13. The standard InChI is InChI=1S/C16H22BrN3O2.2ClH/c17-11-1-3-13(4-2-11)20-8-7-12(10-20)19-16(21)15-6-5-14(9-18)22-15;;/h1-4,12,14-15H,5-10,18H2,(H,19,21);2*1H/t12?,14-,15+;;/m1../s1. The lowest BCUT2D eigenvalue weighted by molar-refractivity contribution is -0.132. The maximum atomic E-state index is 12.2. The van der Waals surface area contributed by atoms with Crippen LogP contribution in [0.3, 0.4) is 0 Å². The van der Waals surface area contributed by atoms with Gasteiger partial charge in [0.1, 0.15) is 6.10 Å². The van der Waals surface area contributed by atoms with E-state index in [-0.39, 0.29) is 49.0 Å². The Labute approximate surface area is 163 Å². The monoisotopic (exact) mass is 439 g/mol. The summed E-state index contributed by atoms with van der Waals surface area (Å²) >= 11 is 3.45. The van der Waals surface area contributed by atoms with Crippen LogP contribution in [-0.4, -0.2) is 43.8 Å². The van der Waals surface area contributed by atoms with E-state index in [1.807, 2.05) is 12.1 Å². The summed E-state index contributed by atoms with van der Waals surface area (Å²) in [5.74, 6) is 0.0126. The third-order valence-electron chi connectivity index (χ3n) is 4.39. The fourth-order valence-corrected chi connectivity index (χ4v) is 3.39. The van der Waals surface area contributed by atoms with Crippen molar-refractivity contribution in [2.24, 2.45) is 5.73 Å². The summed E-state index contributed by atoms with van der Waals surface area (Å²) in [7, 11) is 0. The van der Waals surface area contributed by atoms with E-state index >= 15 is 0 Å². The quantitative estimate of drug-likeness (QED) is 0.754. The number of benzene rings is 1. The summed E-state index contributed by atoms with van der Waals surface area (Å²) in [6.45, 7) is 2.30.